The Morgan fingerprint density at radius 2 is 1.44 bits per heavy atom. The van der Waals surface area contributed by atoms with E-state index in [2.05, 4.69) is 13.8 Å². The van der Waals surface area contributed by atoms with Gasteiger partial charge in [-0.05, 0) is 0 Å². The first kappa shape index (κ1) is 16.4. The van der Waals surface area contributed by atoms with Crippen molar-refractivity contribution in [1.29, 1.82) is 0 Å². The minimum atomic E-state index is -0.833. The number of rotatable bonds is 1. The van der Waals surface area contributed by atoms with Crippen LogP contribution in [0, 0.1) is 41.3 Å². The summed E-state index contributed by atoms with van der Waals surface area (Å²) in [7, 11) is 0. The molecule has 0 aliphatic heterocycles. The maximum Gasteiger partial charge on any atom is 0.300 e. The Morgan fingerprint density at radius 1 is 1.33 bits per heavy atom. The molecule has 53 valence electrons. The Balaban J connectivity index is -0.0000000720. The molecule has 0 bridgehead atoms. The molecule has 0 atom stereocenters. The Labute approximate surface area is 90.0 Å². The zero-order valence-corrected chi connectivity index (χ0v) is 10.1. The number of carboxylic acid groups (broad SMARTS) is 1. The number of hydrogen-bond donors (Lipinski definition) is 1. The van der Waals surface area contributed by atoms with Crippen LogP contribution in [0.15, 0.2) is 0 Å². The van der Waals surface area contributed by atoms with Crippen LogP contribution in [-0.2, 0) is 4.79 Å². The molecule has 0 saturated heterocycles. The summed E-state index contributed by atoms with van der Waals surface area (Å²) in [5, 5.41) is 7.42. The Kier molecular flexibility index (Phi) is 29.1. The first-order valence-corrected chi connectivity index (χ1v) is 2.84. The van der Waals surface area contributed by atoms with Gasteiger partial charge in [-0.25, -0.2) is 0 Å². The molecule has 0 amide bonds. The molecular formula is C6H14O2Pr. The van der Waals surface area contributed by atoms with Crippen LogP contribution < -0.4 is 0 Å². The van der Waals surface area contributed by atoms with Gasteiger partial charge >= 0.3 is 0 Å². The predicted molar refractivity (Wildman–Crippen MR) is 33.9 cm³/mol. The van der Waals surface area contributed by atoms with Gasteiger partial charge in [-0.2, -0.15) is 0 Å². The second-order valence-corrected chi connectivity index (χ2v) is 1.52. The molecule has 0 rings (SSSR count). The van der Waals surface area contributed by atoms with Crippen molar-refractivity contribution in [2.45, 2.75) is 33.6 Å². The number of carbonyl (C=O) groups is 1. The standard InChI is InChI=1S/C4H10.C2H4O2.Pr/c1-3-4-2;1-2(3)4;/h3-4H2,1-2H3;1H3,(H,3,4);. The van der Waals surface area contributed by atoms with Crippen LogP contribution in [0.2, 0.25) is 0 Å². The first-order chi connectivity index (χ1) is 3.65. The molecule has 0 spiro atoms. The molecule has 0 aromatic rings. The van der Waals surface area contributed by atoms with Gasteiger partial charge in [-0.3, -0.25) is 4.79 Å². The number of aliphatic carboxylic acids is 1. The van der Waals surface area contributed by atoms with E-state index >= 15 is 0 Å². The fourth-order valence-corrected chi connectivity index (χ4v) is 0. The maximum atomic E-state index is 9.00. The average molecular weight is 259 g/mol. The normalized spacial score (nSPS) is 6.11. The van der Waals surface area contributed by atoms with Crippen LogP contribution >= 0.6 is 0 Å². The molecule has 2 nitrogen and oxygen atoms in total. The smallest absolute Gasteiger partial charge is 0.300 e. The van der Waals surface area contributed by atoms with E-state index in [1.54, 1.807) is 0 Å². The quantitative estimate of drug-likeness (QED) is 0.780. The van der Waals surface area contributed by atoms with E-state index in [4.69, 9.17) is 9.90 Å². The molecule has 0 saturated carbocycles. The summed E-state index contributed by atoms with van der Waals surface area (Å²) in [5.74, 6) is -0.833. The summed E-state index contributed by atoms with van der Waals surface area (Å²) in [4.78, 5) is 9.00. The third-order valence-corrected chi connectivity index (χ3v) is 0.500. The van der Waals surface area contributed by atoms with Gasteiger partial charge in [-0.15, -0.1) is 0 Å². The van der Waals surface area contributed by atoms with E-state index < -0.39 is 5.97 Å². The van der Waals surface area contributed by atoms with Gasteiger partial charge in [0.25, 0.3) is 5.97 Å². The van der Waals surface area contributed by atoms with E-state index in [0.29, 0.717) is 0 Å². The van der Waals surface area contributed by atoms with Gasteiger partial charge in [0.15, 0.2) is 0 Å². The summed E-state index contributed by atoms with van der Waals surface area (Å²) in [5.41, 5.74) is 0. The molecule has 0 aromatic heterocycles. The Morgan fingerprint density at radius 3 is 1.44 bits per heavy atom. The molecule has 3 heteroatoms. The van der Waals surface area contributed by atoms with Crippen LogP contribution in [0.3, 0.4) is 0 Å². The SMILES string of the molecule is CC(=O)O.CCCC.[Pr]. The van der Waals surface area contributed by atoms with Crippen molar-refractivity contribution in [2.24, 2.45) is 0 Å². The third kappa shape index (κ3) is 123. The maximum absolute atomic E-state index is 9.00. The molecule has 0 aliphatic rings. The topological polar surface area (TPSA) is 37.3 Å². The van der Waals surface area contributed by atoms with Crippen LogP contribution in [0.1, 0.15) is 33.6 Å². The van der Waals surface area contributed by atoms with Crippen LogP contribution in [-0.4, -0.2) is 11.1 Å². The molecule has 0 unspecified atom stereocenters. The number of carboxylic acids is 1. The van der Waals surface area contributed by atoms with Gasteiger partial charge in [0.05, 0.1) is 0 Å². The van der Waals surface area contributed by atoms with Crippen molar-refractivity contribution in [3.8, 4) is 0 Å². The van der Waals surface area contributed by atoms with E-state index in [1.165, 1.54) is 12.8 Å². The molecule has 9 heavy (non-hydrogen) atoms. The number of unbranched alkanes of at least 4 members (excludes halogenated alkanes) is 1. The van der Waals surface area contributed by atoms with E-state index in [9.17, 15) is 0 Å². The van der Waals surface area contributed by atoms with Crippen molar-refractivity contribution >= 4 is 5.97 Å². The molecule has 0 heterocycles. The van der Waals surface area contributed by atoms with Crippen molar-refractivity contribution in [3.05, 3.63) is 0 Å². The van der Waals surface area contributed by atoms with E-state index in [1.807, 2.05) is 0 Å². The molecule has 0 fully saturated rings. The van der Waals surface area contributed by atoms with Crippen LogP contribution in [0.5, 0.6) is 0 Å². The van der Waals surface area contributed by atoms with Gasteiger partial charge in [0.1, 0.15) is 0 Å². The second-order valence-electron chi connectivity index (χ2n) is 1.52. The van der Waals surface area contributed by atoms with Crippen molar-refractivity contribution in [3.63, 3.8) is 0 Å². The second kappa shape index (κ2) is 15.9. The molecular weight excluding hydrogens is 245 g/mol. The first-order valence-electron chi connectivity index (χ1n) is 2.84. The van der Waals surface area contributed by atoms with Gasteiger partial charge in [-0.1, -0.05) is 26.7 Å². The van der Waals surface area contributed by atoms with Crippen LogP contribution in [0.25, 0.3) is 0 Å². The molecule has 0 aromatic carbocycles. The van der Waals surface area contributed by atoms with Crippen LogP contribution in [0.4, 0.5) is 0 Å². The van der Waals surface area contributed by atoms with Gasteiger partial charge < -0.3 is 5.11 Å². The minimum absolute atomic E-state index is 0. The zero-order valence-electron chi connectivity index (χ0n) is 6.35. The van der Waals surface area contributed by atoms with Crippen molar-refractivity contribution in [2.75, 3.05) is 0 Å². The third-order valence-electron chi connectivity index (χ3n) is 0.500. The van der Waals surface area contributed by atoms with Gasteiger partial charge in [0.2, 0.25) is 0 Å². The monoisotopic (exact) mass is 259 g/mol. The van der Waals surface area contributed by atoms with E-state index in [0.717, 1.165) is 6.92 Å². The summed E-state index contributed by atoms with van der Waals surface area (Å²) in [6.45, 7) is 5.44. The summed E-state index contributed by atoms with van der Waals surface area (Å²) in [6, 6.07) is 0. The number of hydrogen-bond acceptors (Lipinski definition) is 1. The molecule has 1 radical (unpaired) electrons. The summed E-state index contributed by atoms with van der Waals surface area (Å²) in [6.07, 6.45) is 2.64. The van der Waals surface area contributed by atoms with Crippen molar-refractivity contribution < 1.29 is 51.2 Å². The Hall–Kier alpha value is 0.834. The zero-order chi connectivity index (χ0) is 6.99. The molecule has 1 N–H and O–H groups in total. The van der Waals surface area contributed by atoms with Crippen molar-refractivity contribution in [1.82, 2.24) is 0 Å². The fraction of sp³-hybridized carbons (Fsp3) is 0.833. The molecule has 0 aliphatic carbocycles. The Bertz CT molecular complexity index is 49.0. The predicted octanol–water partition coefficient (Wildman–Crippen LogP) is 1.90. The summed E-state index contributed by atoms with van der Waals surface area (Å²) >= 11 is 0. The largest absolute Gasteiger partial charge is 0.481 e. The van der Waals surface area contributed by atoms with Gasteiger partial charge in [0, 0.05) is 48.2 Å². The fourth-order valence-electron chi connectivity index (χ4n) is 0. The summed E-state index contributed by atoms with van der Waals surface area (Å²) < 4.78 is 0. The average Bonchev–Trinajstić information content (AvgIpc) is 1.65. The minimum Gasteiger partial charge on any atom is -0.481 e. The van der Waals surface area contributed by atoms with E-state index in [-0.39, 0.29) is 41.3 Å².